The zero-order valence-corrected chi connectivity index (χ0v) is 14.4. The second kappa shape index (κ2) is 7.31. The summed E-state index contributed by atoms with van der Waals surface area (Å²) in [5, 5.41) is 2.88. The van der Waals surface area contributed by atoms with Gasteiger partial charge in [-0.25, -0.2) is 0 Å². The SMILES string of the molecule is CCN(CC)c1ccc(NC(=O)c2ccc(Br)c(N)c2)cc1. The molecule has 0 fully saturated rings. The number of rotatable bonds is 5. The van der Waals surface area contributed by atoms with Crippen LogP contribution in [0.4, 0.5) is 17.1 Å². The smallest absolute Gasteiger partial charge is 0.255 e. The van der Waals surface area contributed by atoms with Crippen molar-refractivity contribution in [2.75, 3.05) is 29.0 Å². The van der Waals surface area contributed by atoms with Gasteiger partial charge in [0.15, 0.2) is 0 Å². The molecule has 0 unspecified atom stereocenters. The van der Waals surface area contributed by atoms with Gasteiger partial charge in [-0.2, -0.15) is 0 Å². The minimum Gasteiger partial charge on any atom is -0.398 e. The predicted molar refractivity (Wildman–Crippen MR) is 96.5 cm³/mol. The Morgan fingerprint density at radius 1 is 1.14 bits per heavy atom. The highest BCUT2D eigenvalue weighted by atomic mass is 79.9. The van der Waals surface area contributed by atoms with Crippen molar-refractivity contribution in [3.05, 3.63) is 52.5 Å². The molecule has 0 radical (unpaired) electrons. The van der Waals surface area contributed by atoms with E-state index in [-0.39, 0.29) is 5.91 Å². The fourth-order valence-electron chi connectivity index (χ4n) is 2.23. The Morgan fingerprint density at radius 2 is 1.77 bits per heavy atom. The van der Waals surface area contributed by atoms with Gasteiger partial charge >= 0.3 is 0 Å². The van der Waals surface area contributed by atoms with Gasteiger partial charge < -0.3 is 16.0 Å². The van der Waals surface area contributed by atoms with Crippen molar-refractivity contribution in [3.8, 4) is 0 Å². The molecule has 2 aromatic carbocycles. The molecular formula is C17H20BrN3O. The van der Waals surface area contributed by atoms with Crippen molar-refractivity contribution in [2.24, 2.45) is 0 Å². The van der Waals surface area contributed by atoms with E-state index < -0.39 is 0 Å². The monoisotopic (exact) mass is 361 g/mol. The minimum atomic E-state index is -0.171. The number of nitrogens with two attached hydrogens (primary N) is 1. The van der Waals surface area contributed by atoms with Gasteiger partial charge in [0.2, 0.25) is 0 Å². The number of hydrogen-bond donors (Lipinski definition) is 2. The summed E-state index contributed by atoms with van der Waals surface area (Å²) in [4.78, 5) is 14.5. The molecule has 0 heterocycles. The normalized spacial score (nSPS) is 10.3. The van der Waals surface area contributed by atoms with E-state index in [0.29, 0.717) is 11.3 Å². The van der Waals surface area contributed by atoms with Crippen LogP contribution < -0.4 is 16.0 Å². The molecule has 22 heavy (non-hydrogen) atoms. The third-order valence-corrected chi connectivity index (χ3v) is 4.23. The van der Waals surface area contributed by atoms with E-state index in [4.69, 9.17) is 5.73 Å². The van der Waals surface area contributed by atoms with Crippen LogP contribution in [0.1, 0.15) is 24.2 Å². The summed E-state index contributed by atoms with van der Waals surface area (Å²) in [6.07, 6.45) is 0. The first-order valence-electron chi connectivity index (χ1n) is 7.26. The standard InChI is InChI=1S/C17H20BrN3O/c1-3-21(4-2)14-8-6-13(7-9-14)20-17(22)12-5-10-15(18)16(19)11-12/h5-11H,3-4,19H2,1-2H3,(H,20,22). The summed E-state index contributed by atoms with van der Waals surface area (Å²) in [5.41, 5.74) is 8.80. The topological polar surface area (TPSA) is 58.4 Å². The Bertz CT molecular complexity index is 651. The molecule has 3 N–H and O–H groups in total. The molecule has 2 rings (SSSR count). The third-order valence-electron chi connectivity index (χ3n) is 3.51. The fourth-order valence-corrected chi connectivity index (χ4v) is 2.48. The maximum atomic E-state index is 12.2. The molecule has 0 aliphatic carbocycles. The van der Waals surface area contributed by atoms with Crippen LogP contribution in [-0.2, 0) is 0 Å². The second-order valence-electron chi connectivity index (χ2n) is 4.91. The molecule has 116 valence electrons. The predicted octanol–water partition coefficient (Wildman–Crippen LogP) is 4.13. The molecule has 4 nitrogen and oxygen atoms in total. The Hall–Kier alpha value is -2.01. The van der Waals surface area contributed by atoms with Crippen molar-refractivity contribution < 1.29 is 4.79 Å². The zero-order chi connectivity index (χ0) is 16.1. The molecule has 0 aromatic heterocycles. The number of anilines is 3. The quantitative estimate of drug-likeness (QED) is 0.787. The first kappa shape index (κ1) is 16.4. The molecule has 0 bridgehead atoms. The number of amides is 1. The van der Waals surface area contributed by atoms with Gasteiger partial charge in [-0.1, -0.05) is 0 Å². The minimum absolute atomic E-state index is 0.171. The fraction of sp³-hybridized carbons (Fsp3) is 0.235. The highest BCUT2D eigenvalue weighted by Crippen LogP contribution is 2.22. The lowest BCUT2D eigenvalue weighted by Gasteiger charge is -2.21. The van der Waals surface area contributed by atoms with Gasteiger partial charge in [0.1, 0.15) is 0 Å². The molecule has 0 aliphatic heterocycles. The lowest BCUT2D eigenvalue weighted by atomic mass is 10.2. The zero-order valence-electron chi connectivity index (χ0n) is 12.8. The Morgan fingerprint density at radius 3 is 2.32 bits per heavy atom. The van der Waals surface area contributed by atoms with Gasteiger partial charge in [0.05, 0.1) is 0 Å². The highest BCUT2D eigenvalue weighted by Gasteiger charge is 2.08. The van der Waals surface area contributed by atoms with Crippen molar-refractivity contribution >= 4 is 38.9 Å². The molecule has 5 heteroatoms. The maximum absolute atomic E-state index is 12.2. The molecule has 0 saturated heterocycles. The number of halogens is 1. The first-order valence-corrected chi connectivity index (χ1v) is 8.05. The third kappa shape index (κ3) is 3.80. The van der Waals surface area contributed by atoms with E-state index in [1.165, 1.54) is 0 Å². The van der Waals surface area contributed by atoms with Crippen molar-refractivity contribution in [1.82, 2.24) is 0 Å². The summed E-state index contributed by atoms with van der Waals surface area (Å²) < 4.78 is 0.785. The number of carbonyl (C=O) groups excluding carboxylic acids is 1. The maximum Gasteiger partial charge on any atom is 0.255 e. The van der Waals surface area contributed by atoms with Crippen molar-refractivity contribution in [3.63, 3.8) is 0 Å². The van der Waals surface area contributed by atoms with E-state index >= 15 is 0 Å². The van der Waals surface area contributed by atoms with Gasteiger partial charge in [0, 0.05) is 40.2 Å². The van der Waals surface area contributed by atoms with Gasteiger partial charge in [0.25, 0.3) is 5.91 Å². The average molecular weight is 362 g/mol. The molecular weight excluding hydrogens is 342 g/mol. The number of nitrogens with zero attached hydrogens (tertiary/aromatic N) is 1. The molecule has 0 aliphatic rings. The highest BCUT2D eigenvalue weighted by molar-refractivity contribution is 9.10. The summed E-state index contributed by atoms with van der Waals surface area (Å²) in [6, 6.07) is 13.0. The van der Waals surface area contributed by atoms with E-state index in [1.54, 1.807) is 18.2 Å². The largest absolute Gasteiger partial charge is 0.398 e. The summed E-state index contributed by atoms with van der Waals surface area (Å²) >= 11 is 3.32. The Labute approximate surface area is 139 Å². The number of hydrogen-bond acceptors (Lipinski definition) is 3. The molecule has 0 saturated carbocycles. The lowest BCUT2D eigenvalue weighted by Crippen LogP contribution is -2.21. The van der Waals surface area contributed by atoms with Gasteiger partial charge in [-0.05, 0) is 72.2 Å². The molecule has 2 aromatic rings. The number of carbonyl (C=O) groups is 1. The Balaban J connectivity index is 2.10. The van der Waals surface area contributed by atoms with Crippen LogP contribution in [0, 0.1) is 0 Å². The van der Waals surface area contributed by atoms with Crippen LogP contribution in [0.5, 0.6) is 0 Å². The number of nitrogen functional groups attached to an aromatic ring is 1. The first-order chi connectivity index (χ1) is 10.5. The van der Waals surface area contributed by atoms with E-state index in [0.717, 1.165) is 28.9 Å². The number of benzene rings is 2. The van der Waals surface area contributed by atoms with Gasteiger partial charge in [-0.15, -0.1) is 0 Å². The van der Waals surface area contributed by atoms with Crippen LogP contribution in [0.25, 0.3) is 0 Å². The van der Waals surface area contributed by atoms with Crippen LogP contribution in [0.15, 0.2) is 46.9 Å². The van der Waals surface area contributed by atoms with E-state index in [2.05, 4.69) is 40.0 Å². The Kier molecular flexibility index (Phi) is 5.44. The van der Waals surface area contributed by atoms with E-state index in [9.17, 15) is 4.79 Å². The lowest BCUT2D eigenvalue weighted by molar-refractivity contribution is 0.102. The van der Waals surface area contributed by atoms with Crippen LogP contribution >= 0.6 is 15.9 Å². The van der Waals surface area contributed by atoms with Crippen LogP contribution in [-0.4, -0.2) is 19.0 Å². The summed E-state index contributed by atoms with van der Waals surface area (Å²) in [5.74, 6) is -0.171. The van der Waals surface area contributed by atoms with Gasteiger partial charge in [-0.3, -0.25) is 4.79 Å². The summed E-state index contributed by atoms with van der Waals surface area (Å²) in [6.45, 7) is 6.16. The van der Waals surface area contributed by atoms with Crippen LogP contribution in [0.3, 0.4) is 0 Å². The number of nitrogens with one attached hydrogen (secondary N) is 1. The summed E-state index contributed by atoms with van der Waals surface area (Å²) in [7, 11) is 0. The molecule has 0 atom stereocenters. The van der Waals surface area contributed by atoms with Crippen molar-refractivity contribution in [2.45, 2.75) is 13.8 Å². The van der Waals surface area contributed by atoms with Crippen LogP contribution in [0.2, 0.25) is 0 Å². The second-order valence-corrected chi connectivity index (χ2v) is 5.76. The molecule has 0 spiro atoms. The van der Waals surface area contributed by atoms with E-state index in [1.807, 2.05) is 24.3 Å². The molecule has 1 amide bonds. The van der Waals surface area contributed by atoms with Crippen molar-refractivity contribution in [1.29, 1.82) is 0 Å². The average Bonchev–Trinajstić information content (AvgIpc) is 2.52.